The molecule has 0 saturated heterocycles. The number of nitrogens with zero attached hydrogens (tertiary/aromatic N) is 1. The Balaban J connectivity index is 1.63. The molecule has 0 saturated carbocycles. The summed E-state index contributed by atoms with van der Waals surface area (Å²) in [7, 11) is 0. The number of hydrogen-bond acceptors (Lipinski definition) is 4. The molecular weight excluding hydrogens is 368 g/mol. The van der Waals surface area contributed by atoms with Crippen LogP contribution in [0.4, 0.5) is 5.13 Å². The van der Waals surface area contributed by atoms with Gasteiger partial charge in [-0.15, -0.1) is 11.3 Å². The smallest absolute Gasteiger partial charge is 0.264 e. The minimum Gasteiger partial charge on any atom is -0.484 e. The lowest BCUT2D eigenvalue weighted by atomic mass is 10.1. The van der Waals surface area contributed by atoms with Crippen LogP contribution in [0.2, 0.25) is 5.02 Å². The quantitative estimate of drug-likeness (QED) is 0.638. The van der Waals surface area contributed by atoms with Crippen LogP contribution in [0.25, 0.3) is 11.3 Å². The Labute approximate surface area is 161 Å². The third-order valence-electron chi connectivity index (χ3n) is 3.87. The number of halogens is 1. The Bertz CT molecular complexity index is 935. The molecule has 0 unspecified atom stereocenters. The first kappa shape index (κ1) is 18.4. The lowest BCUT2D eigenvalue weighted by molar-refractivity contribution is -0.118. The summed E-state index contributed by atoms with van der Waals surface area (Å²) in [6.45, 7) is 5.85. The number of nitrogens with one attached hydrogen (secondary N) is 1. The number of amides is 1. The predicted molar refractivity (Wildman–Crippen MR) is 107 cm³/mol. The van der Waals surface area contributed by atoms with Crippen molar-refractivity contribution in [1.29, 1.82) is 0 Å². The molecule has 1 heterocycles. The molecule has 0 radical (unpaired) electrons. The maximum Gasteiger partial charge on any atom is 0.264 e. The van der Waals surface area contributed by atoms with Crippen molar-refractivity contribution in [1.82, 2.24) is 4.98 Å². The van der Waals surface area contributed by atoms with E-state index in [1.807, 2.05) is 45.0 Å². The Hall–Kier alpha value is -2.37. The molecule has 1 amide bonds. The van der Waals surface area contributed by atoms with Crippen LogP contribution in [-0.2, 0) is 4.79 Å². The van der Waals surface area contributed by atoms with Crippen LogP contribution < -0.4 is 10.1 Å². The van der Waals surface area contributed by atoms with Gasteiger partial charge in [-0.2, -0.15) is 0 Å². The predicted octanol–water partition coefficient (Wildman–Crippen LogP) is 5.41. The minimum atomic E-state index is -0.248. The average Bonchev–Trinajstić information content (AvgIpc) is 2.97. The van der Waals surface area contributed by atoms with Crippen LogP contribution in [0.5, 0.6) is 5.75 Å². The molecule has 134 valence electrons. The fourth-order valence-corrected chi connectivity index (χ4v) is 3.41. The molecule has 0 fully saturated rings. The molecule has 1 aromatic heterocycles. The highest BCUT2D eigenvalue weighted by atomic mass is 35.5. The Morgan fingerprint density at radius 2 is 1.88 bits per heavy atom. The molecule has 0 spiro atoms. The summed E-state index contributed by atoms with van der Waals surface area (Å²) >= 11 is 7.44. The first-order valence-corrected chi connectivity index (χ1v) is 9.35. The van der Waals surface area contributed by atoms with Crippen molar-refractivity contribution in [2.24, 2.45) is 0 Å². The summed E-state index contributed by atoms with van der Waals surface area (Å²) < 4.78 is 5.52. The topological polar surface area (TPSA) is 51.2 Å². The monoisotopic (exact) mass is 386 g/mol. The van der Waals surface area contributed by atoms with Crippen LogP contribution >= 0.6 is 22.9 Å². The van der Waals surface area contributed by atoms with Crippen LogP contribution in [0.1, 0.15) is 16.0 Å². The third kappa shape index (κ3) is 4.42. The summed E-state index contributed by atoms with van der Waals surface area (Å²) in [6, 6.07) is 13.5. The summed E-state index contributed by atoms with van der Waals surface area (Å²) in [4.78, 5) is 17.7. The molecule has 26 heavy (non-hydrogen) atoms. The molecule has 2 aromatic carbocycles. The number of ether oxygens (including phenoxy) is 1. The summed E-state index contributed by atoms with van der Waals surface area (Å²) in [6.07, 6.45) is 0. The van der Waals surface area contributed by atoms with Crippen LogP contribution in [0, 0.1) is 20.8 Å². The number of rotatable bonds is 5. The van der Waals surface area contributed by atoms with Crippen molar-refractivity contribution in [3.8, 4) is 17.0 Å². The van der Waals surface area contributed by atoms with Crippen LogP contribution in [0.3, 0.4) is 0 Å². The van der Waals surface area contributed by atoms with Gasteiger partial charge < -0.3 is 4.74 Å². The second-order valence-corrected chi connectivity index (χ2v) is 7.65. The number of aromatic nitrogens is 1. The van der Waals surface area contributed by atoms with Crippen molar-refractivity contribution in [3.05, 3.63) is 63.5 Å². The highest BCUT2D eigenvalue weighted by Gasteiger charge is 2.12. The molecule has 0 aliphatic heterocycles. The normalized spacial score (nSPS) is 10.6. The van der Waals surface area contributed by atoms with Gasteiger partial charge in [0.15, 0.2) is 11.7 Å². The number of benzene rings is 2. The van der Waals surface area contributed by atoms with Gasteiger partial charge in [0, 0.05) is 15.5 Å². The van der Waals surface area contributed by atoms with Gasteiger partial charge in [0.1, 0.15) is 5.75 Å². The maximum absolute atomic E-state index is 12.1. The lowest BCUT2D eigenvalue weighted by Crippen LogP contribution is -2.20. The van der Waals surface area contributed by atoms with Crippen molar-refractivity contribution < 1.29 is 9.53 Å². The van der Waals surface area contributed by atoms with Gasteiger partial charge in [0.25, 0.3) is 5.91 Å². The average molecular weight is 387 g/mol. The van der Waals surface area contributed by atoms with Crippen molar-refractivity contribution in [2.75, 3.05) is 11.9 Å². The SMILES string of the molecule is Cc1ccc(-c2nc(NC(=O)COc3ccc(Cl)c(C)c3)sc2C)cc1. The number of carbonyl (C=O) groups excluding carboxylic acids is 1. The van der Waals surface area contributed by atoms with E-state index in [2.05, 4.69) is 10.3 Å². The van der Waals surface area contributed by atoms with Gasteiger partial charge in [-0.1, -0.05) is 41.4 Å². The van der Waals surface area contributed by atoms with E-state index in [0.29, 0.717) is 15.9 Å². The summed E-state index contributed by atoms with van der Waals surface area (Å²) in [5.74, 6) is 0.361. The molecule has 0 aliphatic rings. The van der Waals surface area contributed by atoms with Crippen molar-refractivity contribution in [3.63, 3.8) is 0 Å². The molecule has 3 aromatic rings. The molecule has 0 bridgehead atoms. The lowest BCUT2D eigenvalue weighted by Gasteiger charge is -2.07. The molecular formula is C20H19ClN2O2S. The first-order valence-electron chi connectivity index (χ1n) is 8.15. The minimum absolute atomic E-state index is 0.0838. The Morgan fingerprint density at radius 1 is 1.15 bits per heavy atom. The number of aryl methyl sites for hydroxylation is 3. The summed E-state index contributed by atoms with van der Waals surface area (Å²) in [5, 5.41) is 4.04. The molecule has 6 heteroatoms. The molecule has 3 rings (SSSR count). The maximum atomic E-state index is 12.1. The summed E-state index contributed by atoms with van der Waals surface area (Å²) in [5.41, 5.74) is 4.03. The van der Waals surface area contributed by atoms with E-state index in [1.165, 1.54) is 16.9 Å². The molecule has 4 nitrogen and oxygen atoms in total. The number of thiazole rings is 1. The van der Waals surface area contributed by atoms with Gasteiger partial charge in [0.2, 0.25) is 0 Å². The number of hydrogen-bond donors (Lipinski definition) is 1. The molecule has 0 atom stereocenters. The molecule has 1 N–H and O–H groups in total. The van der Waals surface area contributed by atoms with Gasteiger partial charge in [0.05, 0.1) is 5.69 Å². The van der Waals surface area contributed by atoms with E-state index in [0.717, 1.165) is 21.7 Å². The van der Waals surface area contributed by atoms with Crippen molar-refractivity contribution in [2.45, 2.75) is 20.8 Å². The van der Waals surface area contributed by atoms with Gasteiger partial charge in [-0.25, -0.2) is 4.98 Å². The highest BCUT2D eigenvalue weighted by molar-refractivity contribution is 7.16. The second-order valence-electron chi connectivity index (χ2n) is 6.04. The van der Waals surface area contributed by atoms with E-state index in [9.17, 15) is 4.79 Å². The Morgan fingerprint density at radius 3 is 2.58 bits per heavy atom. The fourth-order valence-electron chi connectivity index (χ4n) is 2.44. The van der Waals surface area contributed by atoms with Crippen molar-refractivity contribution >= 4 is 34.0 Å². The number of anilines is 1. The van der Waals surface area contributed by atoms with E-state index in [4.69, 9.17) is 16.3 Å². The van der Waals surface area contributed by atoms with Gasteiger partial charge in [-0.05, 0) is 44.5 Å². The third-order valence-corrected chi connectivity index (χ3v) is 5.18. The zero-order valence-electron chi connectivity index (χ0n) is 14.8. The van der Waals surface area contributed by atoms with E-state index in [-0.39, 0.29) is 12.5 Å². The number of carbonyl (C=O) groups is 1. The highest BCUT2D eigenvalue weighted by Crippen LogP contribution is 2.30. The first-order chi connectivity index (χ1) is 12.4. The zero-order chi connectivity index (χ0) is 18.7. The Kier molecular flexibility index (Phi) is 5.59. The van der Waals surface area contributed by atoms with Gasteiger partial charge >= 0.3 is 0 Å². The van der Waals surface area contributed by atoms with Crippen LogP contribution in [-0.4, -0.2) is 17.5 Å². The largest absolute Gasteiger partial charge is 0.484 e. The van der Waals surface area contributed by atoms with Crippen LogP contribution in [0.15, 0.2) is 42.5 Å². The van der Waals surface area contributed by atoms with E-state index < -0.39 is 0 Å². The van der Waals surface area contributed by atoms with E-state index in [1.54, 1.807) is 18.2 Å². The fraction of sp³-hybridized carbons (Fsp3) is 0.200. The molecule has 0 aliphatic carbocycles. The van der Waals surface area contributed by atoms with Gasteiger partial charge in [-0.3, -0.25) is 10.1 Å². The zero-order valence-corrected chi connectivity index (χ0v) is 16.4. The van der Waals surface area contributed by atoms with E-state index >= 15 is 0 Å². The standard InChI is InChI=1S/C20H19ClN2O2S/c1-12-4-6-15(7-5-12)19-14(3)26-20(23-19)22-18(24)11-25-16-8-9-17(21)13(2)10-16/h4-10H,11H2,1-3H3,(H,22,23,24). The second kappa shape index (κ2) is 7.89.